The van der Waals surface area contributed by atoms with E-state index in [1.165, 1.54) is 0 Å². The van der Waals surface area contributed by atoms with Gasteiger partial charge in [-0.15, -0.1) is 0 Å². The van der Waals surface area contributed by atoms with Crippen LogP contribution in [-0.4, -0.2) is 30.4 Å². The van der Waals surface area contributed by atoms with Gasteiger partial charge in [0.15, 0.2) is 0 Å². The summed E-state index contributed by atoms with van der Waals surface area (Å²) < 4.78 is 5.79. The molecule has 0 aliphatic carbocycles. The van der Waals surface area contributed by atoms with Crippen LogP contribution < -0.4 is 5.32 Å². The van der Waals surface area contributed by atoms with E-state index in [9.17, 15) is 4.79 Å². The van der Waals surface area contributed by atoms with Crippen molar-refractivity contribution in [1.82, 2.24) is 10.2 Å². The average molecular weight is 286 g/mol. The van der Waals surface area contributed by atoms with Crippen molar-refractivity contribution in [2.45, 2.75) is 32.4 Å². The minimum absolute atomic E-state index is 0.135. The minimum Gasteiger partial charge on any atom is -0.459 e. The molecule has 112 valence electrons. The number of rotatable bonds is 3. The van der Waals surface area contributed by atoms with Crippen LogP contribution in [0.25, 0.3) is 11.0 Å². The van der Waals surface area contributed by atoms with Gasteiger partial charge in [-0.3, -0.25) is 4.79 Å². The molecule has 1 N–H and O–H groups in total. The van der Waals surface area contributed by atoms with E-state index >= 15 is 0 Å². The lowest BCUT2D eigenvalue weighted by Gasteiger charge is -2.30. The summed E-state index contributed by atoms with van der Waals surface area (Å²) in [5.74, 6) is 1.20. The van der Waals surface area contributed by atoms with Crippen LogP contribution in [-0.2, 0) is 11.3 Å². The first-order valence-electron chi connectivity index (χ1n) is 7.59. The molecular formula is C17H22N2O2. The Bertz CT molecular complexity index is 602. The van der Waals surface area contributed by atoms with E-state index in [0.717, 1.165) is 36.1 Å². The first-order valence-corrected chi connectivity index (χ1v) is 7.59. The predicted octanol–water partition coefficient (Wildman–Crippen LogP) is 2.78. The molecule has 0 unspecified atom stereocenters. The van der Waals surface area contributed by atoms with Gasteiger partial charge in [-0.25, -0.2) is 0 Å². The molecule has 0 radical (unpaired) electrons. The lowest BCUT2D eigenvalue weighted by Crippen LogP contribution is -2.42. The van der Waals surface area contributed by atoms with E-state index in [4.69, 9.17) is 4.42 Å². The minimum atomic E-state index is 0.135. The molecule has 2 atom stereocenters. The fourth-order valence-electron chi connectivity index (χ4n) is 3.09. The normalized spacial score (nSPS) is 22.4. The van der Waals surface area contributed by atoms with Gasteiger partial charge in [0, 0.05) is 24.4 Å². The largest absolute Gasteiger partial charge is 0.459 e. The van der Waals surface area contributed by atoms with Crippen LogP contribution in [0.2, 0.25) is 0 Å². The Morgan fingerprint density at radius 3 is 3.00 bits per heavy atom. The summed E-state index contributed by atoms with van der Waals surface area (Å²) >= 11 is 0. The number of carbonyl (C=O) groups excluding carboxylic acids is 1. The summed E-state index contributed by atoms with van der Waals surface area (Å²) in [7, 11) is 1.86. The van der Waals surface area contributed by atoms with Crippen LogP contribution in [0.15, 0.2) is 34.7 Å². The standard InChI is InChI=1S/C17H22N2O2/c1-12-9-14(7-8-18-12)17(20)19(2)11-15-10-13-5-3-4-6-16(13)21-15/h3-6,10,12,14,18H,7-9,11H2,1-2H3/t12-,14-/m0/s1. The summed E-state index contributed by atoms with van der Waals surface area (Å²) in [5, 5.41) is 4.47. The first kappa shape index (κ1) is 14.1. The zero-order valence-corrected chi connectivity index (χ0v) is 12.6. The highest BCUT2D eigenvalue weighted by atomic mass is 16.3. The summed E-state index contributed by atoms with van der Waals surface area (Å²) in [6.45, 7) is 3.60. The Morgan fingerprint density at radius 2 is 2.24 bits per heavy atom. The maximum Gasteiger partial charge on any atom is 0.225 e. The number of piperidine rings is 1. The van der Waals surface area contributed by atoms with E-state index in [1.807, 2.05) is 37.4 Å². The summed E-state index contributed by atoms with van der Waals surface area (Å²) in [5.41, 5.74) is 0.879. The van der Waals surface area contributed by atoms with E-state index < -0.39 is 0 Å². The van der Waals surface area contributed by atoms with Gasteiger partial charge in [-0.2, -0.15) is 0 Å². The van der Waals surface area contributed by atoms with Crippen molar-refractivity contribution in [2.75, 3.05) is 13.6 Å². The number of benzene rings is 1. The van der Waals surface area contributed by atoms with E-state index in [2.05, 4.69) is 12.2 Å². The quantitative estimate of drug-likeness (QED) is 0.943. The second-order valence-electron chi connectivity index (χ2n) is 6.02. The fraction of sp³-hybridized carbons (Fsp3) is 0.471. The van der Waals surface area contributed by atoms with Gasteiger partial charge in [-0.05, 0) is 38.4 Å². The number of nitrogens with one attached hydrogen (secondary N) is 1. The van der Waals surface area contributed by atoms with Crippen molar-refractivity contribution in [3.8, 4) is 0 Å². The van der Waals surface area contributed by atoms with Gasteiger partial charge in [0.1, 0.15) is 11.3 Å². The molecule has 0 bridgehead atoms. The fourth-order valence-corrected chi connectivity index (χ4v) is 3.09. The zero-order chi connectivity index (χ0) is 14.8. The number of furan rings is 1. The summed E-state index contributed by atoms with van der Waals surface area (Å²) in [6, 6.07) is 10.4. The van der Waals surface area contributed by atoms with Crippen molar-refractivity contribution in [3.05, 3.63) is 36.1 Å². The maximum absolute atomic E-state index is 12.5. The highest BCUT2D eigenvalue weighted by Crippen LogP contribution is 2.22. The molecule has 1 aliphatic rings. The van der Waals surface area contributed by atoms with Gasteiger partial charge in [0.2, 0.25) is 5.91 Å². The van der Waals surface area contributed by atoms with Crippen molar-refractivity contribution in [3.63, 3.8) is 0 Å². The predicted molar refractivity (Wildman–Crippen MR) is 82.9 cm³/mol. The second kappa shape index (κ2) is 5.90. The Balaban J connectivity index is 1.67. The topological polar surface area (TPSA) is 45.5 Å². The molecule has 21 heavy (non-hydrogen) atoms. The number of fused-ring (bicyclic) bond motifs is 1. The maximum atomic E-state index is 12.5. The van der Waals surface area contributed by atoms with Gasteiger partial charge in [0.05, 0.1) is 6.54 Å². The van der Waals surface area contributed by atoms with Crippen molar-refractivity contribution < 1.29 is 9.21 Å². The van der Waals surface area contributed by atoms with Gasteiger partial charge in [-0.1, -0.05) is 18.2 Å². The second-order valence-corrected chi connectivity index (χ2v) is 6.02. The first-order chi connectivity index (χ1) is 10.1. The number of hydrogen-bond acceptors (Lipinski definition) is 3. The molecular weight excluding hydrogens is 264 g/mol. The van der Waals surface area contributed by atoms with E-state index in [0.29, 0.717) is 12.6 Å². The van der Waals surface area contributed by atoms with Crippen LogP contribution in [0, 0.1) is 5.92 Å². The van der Waals surface area contributed by atoms with Crippen molar-refractivity contribution >= 4 is 16.9 Å². The highest BCUT2D eigenvalue weighted by Gasteiger charge is 2.27. The van der Waals surface area contributed by atoms with Crippen LogP contribution in [0.4, 0.5) is 0 Å². The Kier molecular flexibility index (Phi) is 3.97. The third-order valence-corrected chi connectivity index (χ3v) is 4.22. The molecule has 1 aromatic carbocycles. The molecule has 1 aliphatic heterocycles. The molecule has 1 amide bonds. The van der Waals surface area contributed by atoms with Gasteiger partial charge in [0.25, 0.3) is 0 Å². The Hall–Kier alpha value is -1.81. The molecule has 0 spiro atoms. The molecule has 0 saturated carbocycles. The Morgan fingerprint density at radius 1 is 1.43 bits per heavy atom. The van der Waals surface area contributed by atoms with Crippen LogP contribution in [0.3, 0.4) is 0 Å². The van der Waals surface area contributed by atoms with Crippen molar-refractivity contribution in [2.24, 2.45) is 5.92 Å². The molecule has 4 nitrogen and oxygen atoms in total. The third-order valence-electron chi connectivity index (χ3n) is 4.22. The molecule has 1 aromatic heterocycles. The molecule has 1 saturated heterocycles. The molecule has 3 rings (SSSR count). The van der Waals surface area contributed by atoms with Crippen LogP contribution in [0.5, 0.6) is 0 Å². The highest BCUT2D eigenvalue weighted by molar-refractivity contribution is 5.80. The smallest absolute Gasteiger partial charge is 0.225 e. The van der Waals surface area contributed by atoms with E-state index in [-0.39, 0.29) is 11.8 Å². The Labute approximate surface area is 125 Å². The summed E-state index contributed by atoms with van der Waals surface area (Å²) in [6.07, 6.45) is 1.84. The number of carbonyl (C=O) groups is 1. The van der Waals surface area contributed by atoms with Crippen LogP contribution in [0.1, 0.15) is 25.5 Å². The summed E-state index contributed by atoms with van der Waals surface area (Å²) in [4.78, 5) is 14.3. The van der Waals surface area contributed by atoms with Crippen molar-refractivity contribution in [1.29, 1.82) is 0 Å². The van der Waals surface area contributed by atoms with Gasteiger partial charge < -0.3 is 14.6 Å². The number of nitrogens with zero attached hydrogens (tertiary/aromatic N) is 1. The van der Waals surface area contributed by atoms with Crippen LogP contribution >= 0.6 is 0 Å². The molecule has 2 heterocycles. The number of hydrogen-bond donors (Lipinski definition) is 1. The SMILES string of the molecule is C[C@H]1C[C@@H](C(=O)N(C)Cc2cc3ccccc3o2)CCN1. The van der Waals surface area contributed by atoms with Gasteiger partial charge >= 0.3 is 0 Å². The van der Waals surface area contributed by atoms with E-state index in [1.54, 1.807) is 4.90 Å². The lowest BCUT2D eigenvalue weighted by molar-refractivity contribution is -0.136. The molecule has 4 heteroatoms. The molecule has 1 fully saturated rings. The number of amides is 1. The zero-order valence-electron chi connectivity index (χ0n) is 12.6. The average Bonchev–Trinajstić information content (AvgIpc) is 2.88. The monoisotopic (exact) mass is 286 g/mol. The lowest BCUT2D eigenvalue weighted by atomic mass is 9.92. The molecule has 2 aromatic rings. The third kappa shape index (κ3) is 3.10. The number of para-hydroxylation sites is 1.